The molecule has 0 aromatic heterocycles. The summed E-state index contributed by atoms with van der Waals surface area (Å²) >= 11 is 0. The standard InChI is InChI=1S/C61H44/c1-39-57(42-31-30-40-18-10-11-19-41(40)36-42)53-35-33-43(37-55(53)60(39,2)3)58-49-25-12-14-27-51(49)59(52-28-15-13-26-50(52)58)44-32-34-48-47-24-16-17-29-54(47)61(56(48)38-44,45-20-6-4-7-21-45)46-22-8-5-9-23-46/h4-38H,1-3H3. The summed E-state index contributed by atoms with van der Waals surface area (Å²) in [6.07, 6.45) is 0. The average Bonchev–Trinajstić information content (AvgIpc) is 3.72. The van der Waals surface area contributed by atoms with E-state index in [2.05, 4.69) is 233 Å². The predicted molar refractivity (Wildman–Crippen MR) is 258 cm³/mol. The molecular formula is C61H44. The first-order chi connectivity index (χ1) is 29.9. The fraction of sp³-hybridized carbons (Fsp3) is 0.0820. The van der Waals surface area contributed by atoms with E-state index >= 15 is 0 Å². The second kappa shape index (κ2) is 13.4. The summed E-state index contributed by atoms with van der Waals surface area (Å²) in [5.41, 5.74) is 19.1. The van der Waals surface area contributed by atoms with Crippen LogP contribution in [-0.2, 0) is 10.8 Å². The Morgan fingerprint density at radius 1 is 0.328 bits per heavy atom. The summed E-state index contributed by atoms with van der Waals surface area (Å²) in [7, 11) is 0. The highest BCUT2D eigenvalue weighted by Crippen LogP contribution is 2.58. The molecule has 2 aliphatic rings. The molecule has 0 amide bonds. The lowest BCUT2D eigenvalue weighted by Gasteiger charge is -2.34. The van der Waals surface area contributed by atoms with E-state index in [-0.39, 0.29) is 5.41 Å². The van der Waals surface area contributed by atoms with Gasteiger partial charge in [-0.3, -0.25) is 0 Å². The Balaban J connectivity index is 1.08. The molecule has 288 valence electrons. The van der Waals surface area contributed by atoms with Gasteiger partial charge in [0.25, 0.3) is 0 Å². The van der Waals surface area contributed by atoms with Gasteiger partial charge >= 0.3 is 0 Å². The monoisotopic (exact) mass is 776 g/mol. The van der Waals surface area contributed by atoms with Crippen molar-refractivity contribution in [1.29, 1.82) is 0 Å². The van der Waals surface area contributed by atoms with E-state index in [1.165, 1.54) is 116 Å². The molecule has 61 heavy (non-hydrogen) atoms. The molecule has 0 heteroatoms. The van der Waals surface area contributed by atoms with Crippen LogP contribution >= 0.6 is 0 Å². The average molecular weight is 777 g/mol. The number of benzene rings is 10. The molecule has 0 atom stereocenters. The molecule has 0 bridgehead atoms. The quantitative estimate of drug-likeness (QED) is 0.153. The van der Waals surface area contributed by atoms with Crippen LogP contribution in [0, 0.1) is 0 Å². The van der Waals surface area contributed by atoms with E-state index in [1.807, 2.05) is 0 Å². The molecule has 0 saturated heterocycles. The third-order valence-corrected chi connectivity index (χ3v) is 14.3. The molecule has 10 aromatic carbocycles. The molecule has 12 rings (SSSR count). The third kappa shape index (κ3) is 5.06. The van der Waals surface area contributed by atoms with Crippen molar-refractivity contribution in [3.63, 3.8) is 0 Å². The van der Waals surface area contributed by atoms with Gasteiger partial charge in [-0.25, -0.2) is 0 Å². The maximum absolute atomic E-state index is 2.52. The van der Waals surface area contributed by atoms with Gasteiger partial charge in [-0.1, -0.05) is 214 Å². The van der Waals surface area contributed by atoms with Gasteiger partial charge in [-0.05, 0) is 135 Å². The minimum atomic E-state index is -0.467. The Kier molecular flexibility index (Phi) is 7.81. The fourth-order valence-electron chi connectivity index (χ4n) is 11.2. The zero-order valence-corrected chi connectivity index (χ0v) is 34.7. The summed E-state index contributed by atoms with van der Waals surface area (Å²) in [5, 5.41) is 7.63. The highest BCUT2D eigenvalue weighted by atomic mass is 14.5. The van der Waals surface area contributed by atoms with Gasteiger partial charge in [0, 0.05) is 5.41 Å². The van der Waals surface area contributed by atoms with Crippen molar-refractivity contribution in [3.05, 3.63) is 257 Å². The number of hydrogen-bond acceptors (Lipinski definition) is 0. The van der Waals surface area contributed by atoms with Crippen LogP contribution in [0.4, 0.5) is 0 Å². The van der Waals surface area contributed by atoms with Crippen LogP contribution in [0.3, 0.4) is 0 Å². The van der Waals surface area contributed by atoms with Crippen molar-refractivity contribution in [1.82, 2.24) is 0 Å². The van der Waals surface area contributed by atoms with E-state index in [9.17, 15) is 0 Å². The Morgan fingerprint density at radius 2 is 0.787 bits per heavy atom. The maximum Gasteiger partial charge on any atom is 0.0713 e. The molecular weight excluding hydrogens is 733 g/mol. The van der Waals surface area contributed by atoms with Crippen molar-refractivity contribution >= 4 is 37.9 Å². The van der Waals surface area contributed by atoms with Crippen LogP contribution in [0.2, 0.25) is 0 Å². The minimum Gasteiger partial charge on any atom is -0.0622 e. The van der Waals surface area contributed by atoms with Gasteiger partial charge in [0.15, 0.2) is 0 Å². The number of fused-ring (bicyclic) bond motifs is 7. The third-order valence-electron chi connectivity index (χ3n) is 14.3. The Hall–Kier alpha value is -7.28. The molecule has 0 unspecified atom stereocenters. The van der Waals surface area contributed by atoms with E-state index in [0.29, 0.717) is 0 Å². The van der Waals surface area contributed by atoms with Crippen LogP contribution in [-0.4, -0.2) is 0 Å². The topological polar surface area (TPSA) is 0 Å². The molecule has 2 aliphatic carbocycles. The Bertz CT molecular complexity index is 3340. The van der Waals surface area contributed by atoms with Gasteiger partial charge in [-0.2, -0.15) is 0 Å². The number of hydrogen-bond donors (Lipinski definition) is 0. The molecule has 0 heterocycles. The molecule has 0 nitrogen and oxygen atoms in total. The number of allylic oxidation sites excluding steroid dienone is 1. The second-order valence-electron chi connectivity index (χ2n) is 17.6. The van der Waals surface area contributed by atoms with Crippen molar-refractivity contribution in [2.24, 2.45) is 0 Å². The molecule has 10 aromatic rings. The Morgan fingerprint density at radius 3 is 1.39 bits per heavy atom. The van der Waals surface area contributed by atoms with E-state index < -0.39 is 5.41 Å². The van der Waals surface area contributed by atoms with Crippen LogP contribution in [0.1, 0.15) is 59.7 Å². The molecule has 0 spiro atoms. The zero-order valence-electron chi connectivity index (χ0n) is 34.7. The van der Waals surface area contributed by atoms with Gasteiger partial charge in [0.2, 0.25) is 0 Å². The van der Waals surface area contributed by atoms with Crippen LogP contribution in [0.5, 0.6) is 0 Å². The molecule has 0 aliphatic heterocycles. The first-order valence-electron chi connectivity index (χ1n) is 21.6. The Labute approximate surface area is 358 Å². The van der Waals surface area contributed by atoms with Crippen molar-refractivity contribution in [3.8, 4) is 33.4 Å². The summed E-state index contributed by atoms with van der Waals surface area (Å²) in [5.74, 6) is 0. The highest BCUT2D eigenvalue weighted by Gasteiger charge is 2.46. The maximum atomic E-state index is 2.52. The van der Waals surface area contributed by atoms with Gasteiger partial charge in [0.1, 0.15) is 0 Å². The lowest BCUT2D eigenvalue weighted by atomic mass is 9.67. The zero-order chi connectivity index (χ0) is 40.9. The summed E-state index contributed by atoms with van der Waals surface area (Å²) < 4.78 is 0. The lowest BCUT2D eigenvalue weighted by molar-refractivity contribution is 0.639. The van der Waals surface area contributed by atoms with Crippen LogP contribution in [0.25, 0.3) is 71.3 Å². The van der Waals surface area contributed by atoms with Crippen molar-refractivity contribution < 1.29 is 0 Å². The summed E-state index contributed by atoms with van der Waals surface area (Å²) in [4.78, 5) is 0. The highest BCUT2D eigenvalue weighted by molar-refractivity contribution is 6.21. The predicted octanol–water partition coefficient (Wildman–Crippen LogP) is 16.0. The molecule has 0 N–H and O–H groups in total. The van der Waals surface area contributed by atoms with E-state index in [0.717, 1.165) is 0 Å². The van der Waals surface area contributed by atoms with E-state index in [1.54, 1.807) is 0 Å². The van der Waals surface area contributed by atoms with Crippen molar-refractivity contribution in [2.45, 2.75) is 31.6 Å². The second-order valence-corrected chi connectivity index (χ2v) is 17.6. The smallest absolute Gasteiger partial charge is 0.0622 e. The summed E-state index contributed by atoms with van der Waals surface area (Å²) in [6.45, 7) is 7.13. The normalized spacial score (nSPS) is 14.7. The van der Waals surface area contributed by atoms with Gasteiger partial charge in [0.05, 0.1) is 5.41 Å². The largest absolute Gasteiger partial charge is 0.0713 e. The molecule has 0 saturated carbocycles. The fourth-order valence-corrected chi connectivity index (χ4v) is 11.2. The van der Waals surface area contributed by atoms with E-state index in [4.69, 9.17) is 0 Å². The van der Waals surface area contributed by atoms with Gasteiger partial charge in [-0.15, -0.1) is 0 Å². The first-order valence-corrected chi connectivity index (χ1v) is 21.6. The molecule has 0 radical (unpaired) electrons. The molecule has 0 fully saturated rings. The summed E-state index contributed by atoms with van der Waals surface area (Å²) in [6, 6.07) is 79.7. The van der Waals surface area contributed by atoms with Crippen molar-refractivity contribution in [2.75, 3.05) is 0 Å². The minimum absolute atomic E-state index is 0.121. The SMILES string of the molecule is CC1=C(c2ccc3ccccc3c2)c2ccc(-c3c4ccccc4c(-c4ccc5c(c4)C(c4ccccc4)(c4ccccc4)c4ccccc4-5)c4ccccc34)cc2C1(C)C. The lowest BCUT2D eigenvalue weighted by Crippen LogP contribution is -2.28. The van der Waals surface area contributed by atoms with Crippen LogP contribution in [0.15, 0.2) is 218 Å². The number of rotatable bonds is 5. The first kappa shape index (κ1) is 35.6. The van der Waals surface area contributed by atoms with Gasteiger partial charge < -0.3 is 0 Å². The van der Waals surface area contributed by atoms with Crippen LogP contribution < -0.4 is 0 Å².